The number of benzene rings is 2. The standard InChI is InChI=1S/C21H17ClN4O3/c1-13(27)25-20-11-16(8-9-23-20)28-15-6-7-18-19(10-15)29-21(26-18)24-12-14-4-2-3-5-17(14)22/h2-11H,12H2,1H3,(H,24,26)(H,23,25,27). The smallest absolute Gasteiger partial charge is 0.295 e. The van der Waals surface area contributed by atoms with Gasteiger partial charge in [0.1, 0.15) is 22.8 Å². The van der Waals surface area contributed by atoms with Gasteiger partial charge in [-0.2, -0.15) is 4.98 Å². The molecule has 29 heavy (non-hydrogen) atoms. The van der Waals surface area contributed by atoms with Crippen molar-refractivity contribution in [3.63, 3.8) is 0 Å². The topological polar surface area (TPSA) is 89.3 Å². The van der Waals surface area contributed by atoms with E-state index < -0.39 is 0 Å². The first-order valence-electron chi connectivity index (χ1n) is 8.86. The zero-order chi connectivity index (χ0) is 20.2. The zero-order valence-corrected chi connectivity index (χ0v) is 16.2. The van der Waals surface area contributed by atoms with Crippen molar-refractivity contribution < 1.29 is 13.9 Å². The molecule has 0 saturated heterocycles. The first-order chi connectivity index (χ1) is 14.1. The summed E-state index contributed by atoms with van der Waals surface area (Å²) in [7, 11) is 0. The number of hydrogen-bond acceptors (Lipinski definition) is 6. The second-order valence-electron chi connectivity index (χ2n) is 6.25. The quantitative estimate of drug-likeness (QED) is 0.453. The second-order valence-corrected chi connectivity index (χ2v) is 6.66. The molecule has 0 unspecified atom stereocenters. The van der Waals surface area contributed by atoms with Crippen LogP contribution in [-0.4, -0.2) is 15.9 Å². The van der Waals surface area contributed by atoms with E-state index in [4.69, 9.17) is 20.8 Å². The first kappa shape index (κ1) is 18.8. The van der Waals surface area contributed by atoms with E-state index in [0.717, 1.165) is 5.56 Å². The Morgan fingerprint density at radius 3 is 2.79 bits per heavy atom. The molecular weight excluding hydrogens is 392 g/mol. The number of rotatable bonds is 6. The lowest BCUT2D eigenvalue weighted by atomic mass is 10.2. The summed E-state index contributed by atoms with van der Waals surface area (Å²) in [5.74, 6) is 1.34. The average Bonchev–Trinajstić information content (AvgIpc) is 3.09. The summed E-state index contributed by atoms with van der Waals surface area (Å²) in [5, 5.41) is 6.44. The third-order valence-corrected chi connectivity index (χ3v) is 4.39. The molecule has 0 radical (unpaired) electrons. The van der Waals surface area contributed by atoms with Gasteiger partial charge in [0.2, 0.25) is 5.91 Å². The van der Waals surface area contributed by atoms with Crippen LogP contribution < -0.4 is 15.4 Å². The van der Waals surface area contributed by atoms with Crippen LogP contribution in [0.1, 0.15) is 12.5 Å². The fraction of sp³-hybridized carbons (Fsp3) is 0.0952. The van der Waals surface area contributed by atoms with Crippen LogP contribution in [0.3, 0.4) is 0 Å². The van der Waals surface area contributed by atoms with Crippen molar-refractivity contribution in [3.05, 3.63) is 71.4 Å². The Morgan fingerprint density at radius 2 is 1.97 bits per heavy atom. The summed E-state index contributed by atoms with van der Waals surface area (Å²) in [6, 6.07) is 16.7. The SMILES string of the molecule is CC(=O)Nc1cc(Oc2ccc3nc(NCc4ccccc4Cl)oc3c2)ccn1. The van der Waals surface area contributed by atoms with Gasteiger partial charge >= 0.3 is 0 Å². The number of pyridine rings is 1. The fourth-order valence-electron chi connectivity index (χ4n) is 2.72. The van der Waals surface area contributed by atoms with E-state index in [1.165, 1.54) is 6.92 Å². The van der Waals surface area contributed by atoms with E-state index in [-0.39, 0.29) is 5.91 Å². The molecule has 146 valence electrons. The second kappa shape index (κ2) is 8.20. The van der Waals surface area contributed by atoms with Crippen molar-refractivity contribution in [2.24, 2.45) is 0 Å². The maximum absolute atomic E-state index is 11.2. The van der Waals surface area contributed by atoms with Crippen LogP contribution >= 0.6 is 11.6 Å². The minimum atomic E-state index is -0.199. The number of carbonyl (C=O) groups is 1. The first-order valence-corrected chi connectivity index (χ1v) is 9.24. The number of carbonyl (C=O) groups excluding carboxylic acids is 1. The molecule has 4 aromatic rings. The third-order valence-electron chi connectivity index (χ3n) is 4.02. The molecule has 4 rings (SSSR count). The van der Waals surface area contributed by atoms with E-state index in [0.29, 0.717) is 46.0 Å². The summed E-state index contributed by atoms with van der Waals surface area (Å²) in [6.45, 7) is 1.92. The van der Waals surface area contributed by atoms with Crippen LogP contribution in [0.25, 0.3) is 11.1 Å². The van der Waals surface area contributed by atoms with Crippen LogP contribution in [0.5, 0.6) is 11.5 Å². The molecule has 2 heterocycles. The molecule has 2 aromatic carbocycles. The maximum Gasteiger partial charge on any atom is 0.295 e. The summed E-state index contributed by atoms with van der Waals surface area (Å²) >= 11 is 6.17. The lowest BCUT2D eigenvalue weighted by Gasteiger charge is -2.07. The summed E-state index contributed by atoms with van der Waals surface area (Å²) in [4.78, 5) is 19.7. The molecular formula is C21H17ClN4O3. The van der Waals surface area contributed by atoms with Crippen LogP contribution in [0, 0.1) is 0 Å². The van der Waals surface area contributed by atoms with Crippen molar-refractivity contribution in [2.75, 3.05) is 10.6 Å². The highest BCUT2D eigenvalue weighted by molar-refractivity contribution is 6.31. The molecule has 0 atom stereocenters. The highest BCUT2D eigenvalue weighted by Gasteiger charge is 2.09. The number of nitrogens with one attached hydrogen (secondary N) is 2. The van der Waals surface area contributed by atoms with Crippen molar-refractivity contribution in [1.29, 1.82) is 0 Å². The number of aromatic nitrogens is 2. The van der Waals surface area contributed by atoms with Gasteiger partial charge in [-0.15, -0.1) is 0 Å². The minimum absolute atomic E-state index is 0.199. The van der Waals surface area contributed by atoms with Gasteiger partial charge in [-0.1, -0.05) is 29.8 Å². The number of nitrogens with zero attached hydrogens (tertiary/aromatic N) is 2. The Bertz CT molecular complexity index is 1180. The molecule has 0 aliphatic heterocycles. The van der Waals surface area contributed by atoms with Crippen LogP contribution in [0.15, 0.2) is 65.2 Å². The average molecular weight is 409 g/mol. The lowest BCUT2D eigenvalue weighted by Crippen LogP contribution is -2.07. The molecule has 2 aromatic heterocycles. The van der Waals surface area contributed by atoms with Gasteiger partial charge in [0.15, 0.2) is 5.58 Å². The Hall–Kier alpha value is -3.58. The number of ether oxygens (including phenoxy) is 1. The number of anilines is 2. The molecule has 2 N–H and O–H groups in total. The largest absolute Gasteiger partial charge is 0.457 e. The molecule has 0 bridgehead atoms. The summed E-state index contributed by atoms with van der Waals surface area (Å²) in [6.07, 6.45) is 1.56. The molecule has 0 spiro atoms. The Kier molecular flexibility index (Phi) is 5.31. The van der Waals surface area contributed by atoms with Gasteiger partial charge in [-0.3, -0.25) is 4.79 Å². The van der Waals surface area contributed by atoms with E-state index in [2.05, 4.69) is 20.6 Å². The molecule has 0 fully saturated rings. The van der Waals surface area contributed by atoms with Gasteiger partial charge in [0.05, 0.1) is 0 Å². The van der Waals surface area contributed by atoms with Gasteiger partial charge in [-0.05, 0) is 29.8 Å². The number of oxazole rings is 1. The predicted octanol–water partition coefficient (Wildman–Crippen LogP) is 5.24. The molecule has 8 heteroatoms. The fourth-order valence-corrected chi connectivity index (χ4v) is 2.92. The van der Waals surface area contributed by atoms with E-state index in [1.54, 1.807) is 30.5 Å². The number of halogens is 1. The van der Waals surface area contributed by atoms with E-state index in [9.17, 15) is 4.79 Å². The number of hydrogen-bond donors (Lipinski definition) is 2. The molecule has 1 amide bonds. The lowest BCUT2D eigenvalue weighted by molar-refractivity contribution is -0.114. The summed E-state index contributed by atoms with van der Waals surface area (Å²) < 4.78 is 11.6. The normalized spacial score (nSPS) is 10.7. The van der Waals surface area contributed by atoms with Gasteiger partial charge in [0, 0.05) is 36.8 Å². The molecule has 0 aliphatic carbocycles. The zero-order valence-electron chi connectivity index (χ0n) is 15.5. The minimum Gasteiger partial charge on any atom is -0.457 e. The molecule has 7 nitrogen and oxygen atoms in total. The van der Waals surface area contributed by atoms with Crippen LogP contribution in [-0.2, 0) is 11.3 Å². The number of fused-ring (bicyclic) bond motifs is 1. The summed E-state index contributed by atoms with van der Waals surface area (Å²) in [5.41, 5.74) is 2.24. The highest BCUT2D eigenvalue weighted by Crippen LogP contribution is 2.28. The van der Waals surface area contributed by atoms with Gasteiger partial charge in [-0.25, -0.2) is 4.98 Å². The monoisotopic (exact) mass is 408 g/mol. The Labute approximate surface area is 171 Å². The number of amides is 1. The maximum atomic E-state index is 11.2. The van der Waals surface area contributed by atoms with Crippen molar-refractivity contribution >= 4 is 40.4 Å². The molecule has 0 aliphatic rings. The van der Waals surface area contributed by atoms with E-state index in [1.807, 2.05) is 30.3 Å². The third kappa shape index (κ3) is 4.64. The Morgan fingerprint density at radius 1 is 1.14 bits per heavy atom. The van der Waals surface area contributed by atoms with E-state index >= 15 is 0 Å². The van der Waals surface area contributed by atoms with Crippen molar-refractivity contribution in [2.45, 2.75) is 13.5 Å². The van der Waals surface area contributed by atoms with Gasteiger partial charge < -0.3 is 19.8 Å². The van der Waals surface area contributed by atoms with Crippen LogP contribution in [0.4, 0.5) is 11.8 Å². The van der Waals surface area contributed by atoms with Gasteiger partial charge in [0.25, 0.3) is 6.01 Å². The Balaban J connectivity index is 1.48. The predicted molar refractivity (Wildman–Crippen MR) is 111 cm³/mol. The van der Waals surface area contributed by atoms with Crippen molar-refractivity contribution in [3.8, 4) is 11.5 Å². The highest BCUT2D eigenvalue weighted by atomic mass is 35.5. The van der Waals surface area contributed by atoms with Crippen LogP contribution in [0.2, 0.25) is 5.02 Å². The molecule has 0 saturated carbocycles. The van der Waals surface area contributed by atoms with Crippen molar-refractivity contribution in [1.82, 2.24) is 9.97 Å².